The predicted molar refractivity (Wildman–Crippen MR) is 82.2 cm³/mol. The first-order valence-electron chi connectivity index (χ1n) is 5.03. The molecule has 3 heteroatoms. The van der Waals surface area contributed by atoms with Gasteiger partial charge in [-0.2, -0.15) is 0 Å². The zero-order chi connectivity index (χ0) is 12.3. The molecule has 0 fully saturated rings. The quantitative estimate of drug-likeness (QED) is 0.564. The minimum Gasteiger partial charge on any atom is -0.0843 e. The Balaban J connectivity index is 2.22. The first-order chi connectivity index (χ1) is 8.13. The van der Waals surface area contributed by atoms with Crippen molar-refractivity contribution in [2.75, 3.05) is 0 Å². The highest BCUT2D eigenvalue weighted by atomic mass is 79.9. The van der Waals surface area contributed by atoms with Gasteiger partial charge in [-0.3, -0.25) is 0 Å². The summed E-state index contributed by atoms with van der Waals surface area (Å²) in [7, 11) is 0. The van der Waals surface area contributed by atoms with E-state index in [1.165, 1.54) is 0 Å². The molecule has 86 valence electrons. The molecule has 0 amide bonds. The van der Waals surface area contributed by atoms with Gasteiger partial charge in [-0.1, -0.05) is 67.7 Å². The smallest absolute Gasteiger partial charge is 0.0423 e. The molecule has 2 aromatic carbocycles. The van der Waals surface area contributed by atoms with E-state index in [0.717, 1.165) is 25.1 Å². The van der Waals surface area contributed by atoms with Crippen molar-refractivity contribution in [3.05, 3.63) is 67.6 Å². The lowest BCUT2D eigenvalue weighted by molar-refractivity contribution is 1.60. The summed E-state index contributed by atoms with van der Waals surface area (Å²) in [6.07, 6.45) is 4.10. The van der Waals surface area contributed by atoms with Gasteiger partial charge in [0.15, 0.2) is 0 Å². The van der Waals surface area contributed by atoms with Gasteiger partial charge in [0, 0.05) is 14.0 Å². The number of rotatable bonds is 2. The van der Waals surface area contributed by atoms with Crippen molar-refractivity contribution in [1.29, 1.82) is 0 Å². The SMILES string of the molecule is Clc1cc(Br)cc(C=Cc2ccc(Br)cc2)c1. The molecule has 0 radical (unpaired) electrons. The molecular weight excluding hydrogens is 363 g/mol. The third-order valence-corrected chi connectivity index (χ3v) is 3.43. The summed E-state index contributed by atoms with van der Waals surface area (Å²) in [4.78, 5) is 0. The van der Waals surface area contributed by atoms with Crippen LogP contribution in [0.4, 0.5) is 0 Å². The highest BCUT2D eigenvalue weighted by Crippen LogP contribution is 2.21. The molecule has 0 saturated heterocycles. The average molecular weight is 372 g/mol. The summed E-state index contributed by atoms with van der Waals surface area (Å²) in [6.45, 7) is 0. The molecule has 2 aromatic rings. The fourth-order valence-corrected chi connectivity index (χ4v) is 2.59. The summed E-state index contributed by atoms with van der Waals surface area (Å²) >= 11 is 12.8. The van der Waals surface area contributed by atoms with E-state index in [2.05, 4.69) is 50.1 Å². The third-order valence-electron chi connectivity index (χ3n) is 2.22. The van der Waals surface area contributed by atoms with Crippen molar-refractivity contribution in [2.45, 2.75) is 0 Å². The van der Waals surface area contributed by atoms with Gasteiger partial charge in [0.1, 0.15) is 0 Å². The van der Waals surface area contributed by atoms with E-state index in [1.807, 2.05) is 36.4 Å². The van der Waals surface area contributed by atoms with Crippen molar-refractivity contribution < 1.29 is 0 Å². The van der Waals surface area contributed by atoms with Gasteiger partial charge in [0.2, 0.25) is 0 Å². The third kappa shape index (κ3) is 3.98. The van der Waals surface area contributed by atoms with Gasteiger partial charge in [0.25, 0.3) is 0 Å². The van der Waals surface area contributed by atoms with Crippen LogP contribution in [0.15, 0.2) is 51.4 Å². The van der Waals surface area contributed by atoms with Crippen molar-refractivity contribution >= 4 is 55.6 Å². The molecule has 0 aliphatic heterocycles. The monoisotopic (exact) mass is 370 g/mol. The largest absolute Gasteiger partial charge is 0.0843 e. The number of hydrogen-bond acceptors (Lipinski definition) is 0. The maximum absolute atomic E-state index is 5.98. The van der Waals surface area contributed by atoms with Crippen LogP contribution in [0, 0.1) is 0 Å². The molecule has 0 aliphatic carbocycles. The molecule has 0 bridgehead atoms. The maximum atomic E-state index is 5.98. The Morgan fingerprint density at radius 1 is 0.765 bits per heavy atom. The molecule has 0 atom stereocenters. The van der Waals surface area contributed by atoms with E-state index in [9.17, 15) is 0 Å². The van der Waals surface area contributed by atoms with E-state index in [1.54, 1.807) is 0 Å². The topological polar surface area (TPSA) is 0 Å². The van der Waals surface area contributed by atoms with Crippen LogP contribution in [-0.2, 0) is 0 Å². The second kappa shape index (κ2) is 5.85. The fourth-order valence-electron chi connectivity index (χ4n) is 1.44. The molecule has 0 aliphatic rings. The molecule has 2 rings (SSSR count). The molecular formula is C14H9Br2Cl. The van der Waals surface area contributed by atoms with Gasteiger partial charge in [-0.15, -0.1) is 0 Å². The number of hydrogen-bond donors (Lipinski definition) is 0. The highest BCUT2D eigenvalue weighted by Gasteiger charge is 1.94. The zero-order valence-electron chi connectivity index (χ0n) is 8.83. The lowest BCUT2D eigenvalue weighted by Crippen LogP contribution is -1.75. The van der Waals surface area contributed by atoms with Gasteiger partial charge >= 0.3 is 0 Å². The molecule has 0 N–H and O–H groups in total. The summed E-state index contributed by atoms with van der Waals surface area (Å²) in [5.41, 5.74) is 2.23. The lowest BCUT2D eigenvalue weighted by atomic mass is 10.1. The Kier molecular flexibility index (Phi) is 4.43. The van der Waals surface area contributed by atoms with Crippen molar-refractivity contribution in [3.63, 3.8) is 0 Å². The van der Waals surface area contributed by atoms with E-state index in [-0.39, 0.29) is 0 Å². The van der Waals surface area contributed by atoms with Gasteiger partial charge < -0.3 is 0 Å². The molecule has 17 heavy (non-hydrogen) atoms. The first-order valence-corrected chi connectivity index (χ1v) is 7.00. The minimum atomic E-state index is 0.731. The Morgan fingerprint density at radius 2 is 1.41 bits per heavy atom. The van der Waals surface area contributed by atoms with E-state index in [4.69, 9.17) is 11.6 Å². The van der Waals surface area contributed by atoms with Crippen LogP contribution >= 0.6 is 43.5 Å². The van der Waals surface area contributed by atoms with Crippen LogP contribution in [0.2, 0.25) is 5.02 Å². The second-order valence-corrected chi connectivity index (χ2v) is 5.86. The van der Waals surface area contributed by atoms with Crippen LogP contribution in [0.3, 0.4) is 0 Å². The Morgan fingerprint density at radius 3 is 2.06 bits per heavy atom. The summed E-state index contributed by atoms with van der Waals surface area (Å²) < 4.78 is 2.07. The molecule has 0 spiro atoms. The van der Waals surface area contributed by atoms with Crippen LogP contribution in [-0.4, -0.2) is 0 Å². The van der Waals surface area contributed by atoms with Gasteiger partial charge in [-0.05, 0) is 41.5 Å². The Labute approximate surface area is 123 Å². The van der Waals surface area contributed by atoms with Crippen LogP contribution in [0.5, 0.6) is 0 Å². The fraction of sp³-hybridized carbons (Fsp3) is 0. The molecule has 0 saturated carbocycles. The standard InChI is InChI=1S/C14H9Br2Cl/c15-12-5-3-10(4-6-12)1-2-11-7-13(16)9-14(17)8-11/h1-9H. The maximum Gasteiger partial charge on any atom is 0.0423 e. The molecule has 0 unspecified atom stereocenters. The van der Waals surface area contributed by atoms with E-state index in [0.29, 0.717) is 0 Å². The first kappa shape index (κ1) is 12.9. The Bertz CT molecular complexity index is 524. The highest BCUT2D eigenvalue weighted by molar-refractivity contribution is 9.10. The Hall–Kier alpha value is -0.570. The van der Waals surface area contributed by atoms with E-state index >= 15 is 0 Å². The summed E-state index contributed by atoms with van der Waals surface area (Å²) in [5, 5.41) is 0.731. The number of benzene rings is 2. The summed E-state index contributed by atoms with van der Waals surface area (Å²) in [5.74, 6) is 0. The van der Waals surface area contributed by atoms with Crippen molar-refractivity contribution in [3.8, 4) is 0 Å². The van der Waals surface area contributed by atoms with Gasteiger partial charge in [0.05, 0.1) is 0 Å². The molecule has 0 aromatic heterocycles. The normalized spacial score (nSPS) is 11.0. The summed E-state index contributed by atoms with van der Waals surface area (Å²) in [6, 6.07) is 14.0. The van der Waals surface area contributed by atoms with Gasteiger partial charge in [-0.25, -0.2) is 0 Å². The van der Waals surface area contributed by atoms with Crippen molar-refractivity contribution in [1.82, 2.24) is 0 Å². The minimum absolute atomic E-state index is 0.731. The predicted octanol–water partition coefficient (Wildman–Crippen LogP) is 6.04. The second-order valence-electron chi connectivity index (χ2n) is 3.59. The van der Waals surface area contributed by atoms with Crippen LogP contribution < -0.4 is 0 Å². The number of halogens is 3. The van der Waals surface area contributed by atoms with E-state index < -0.39 is 0 Å². The molecule has 0 nitrogen and oxygen atoms in total. The van der Waals surface area contributed by atoms with Crippen LogP contribution in [0.25, 0.3) is 12.2 Å². The average Bonchev–Trinajstić information content (AvgIpc) is 2.27. The molecule has 0 heterocycles. The lowest BCUT2D eigenvalue weighted by Gasteiger charge is -1.98. The van der Waals surface area contributed by atoms with Crippen molar-refractivity contribution in [2.24, 2.45) is 0 Å². The zero-order valence-corrected chi connectivity index (χ0v) is 12.8. The van der Waals surface area contributed by atoms with Crippen LogP contribution in [0.1, 0.15) is 11.1 Å².